The van der Waals surface area contributed by atoms with Crippen LogP contribution in [-0.4, -0.2) is 44.3 Å². The lowest BCUT2D eigenvalue weighted by Crippen LogP contribution is -2.15. The molecule has 0 saturated carbocycles. The number of Topliss-reactive ketones (excluding diaryl/α,β-unsaturated/α-hetero) is 1. The summed E-state index contributed by atoms with van der Waals surface area (Å²) < 4.78 is 18.7. The third-order valence-electron chi connectivity index (χ3n) is 4.32. The summed E-state index contributed by atoms with van der Waals surface area (Å²) in [5.41, 5.74) is 2.14. The van der Waals surface area contributed by atoms with Crippen LogP contribution in [0.4, 0.5) is 4.39 Å². The van der Waals surface area contributed by atoms with Gasteiger partial charge in [0.2, 0.25) is 5.16 Å². The lowest BCUT2D eigenvalue weighted by Gasteiger charge is -2.07. The third-order valence-corrected chi connectivity index (χ3v) is 5.28. The Morgan fingerprint density at radius 1 is 1.25 bits per heavy atom. The minimum Gasteiger partial charge on any atom is -0.465 e. The van der Waals surface area contributed by atoms with E-state index in [-0.39, 0.29) is 5.78 Å². The van der Waals surface area contributed by atoms with Crippen LogP contribution in [0.1, 0.15) is 39.0 Å². The standard InChI is InChI=1S/C19H19FN4O3S/c1-9-14(18(26)27-4)10(2)21-15(9)16(25)11(3)28-19-22-17(23-24-19)12-7-5-6-8-13(12)20/h5-8,11,21H,1-4H3,(H,22,23,24)/t11-/m1/s1. The van der Waals surface area contributed by atoms with E-state index >= 15 is 0 Å². The number of aromatic nitrogens is 4. The van der Waals surface area contributed by atoms with Gasteiger partial charge in [-0.3, -0.25) is 9.89 Å². The molecule has 28 heavy (non-hydrogen) atoms. The molecule has 2 N–H and O–H groups in total. The molecular weight excluding hydrogens is 383 g/mol. The minimum absolute atomic E-state index is 0.196. The Kier molecular flexibility index (Phi) is 5.64. The number of benzene rings is 1. The van der Waals surface area contributed by atoms with Gasteiger partial charge < -0.3 is 9.72 Å². The van der Waals surface area contributed by atoms with E-state index < -0.39 is 17.0 Å². The minimum atomic E-state index is -0.522. The third kappa shape index (κ3) is 3.70. The van der Waals surface area contributed by atoms with Crippen LogP contribution in [0.25, 0.3) is 11.4 Å². The highest BCUT2D eigenvalue weighted by Gasteiger charge is 2.26. The predicted molar refractivity (Wildman–Crippen MR) is 103 cm³/mol. The van der Waals surface area contributed by atoms with Crippen LogP contribution in [0.5, 0.6) is 0 Å². The molecule has 146 valence electrons. The second-order valence-corrected chi connectivity index (χ2v) is 7.50. The Labute approximate surface area is 165 Å². The summed E-state index contributed by atoms with van der Waals surface area (Å²) in [6.45, 7) is 5.13. The molecule has 0 aliphatic carbocycles. The van der Waals surface area contributed by atoms with Crippen molar-refractivity contribution in [1.82, 2.24) is 20.2 Å². The summed E-state index contributed by atoms with van der Waals surface area (Å²) in [6, 6.07) is 6.23. The van der Waals surface area contributed by atoms with Crippen molar-refractivity contribution < 1.29 is 18.7 Å². The number of aromatic amines is 2. The second-order valence-electron chi connectivity index (χ2n) is 6.19. The fraction of sp³-hybridized carbons (Fsp3) is 0.263. The Balaban J connectivity index is 1.79. The highest BCUT2D eigenvalue weighted by atomic mass is 32.2. The van der Waals surface area contributed by atoms with Gasteiger partial charge in [0.15, 0.2) is 11.6 Å². The molecule has 0 spiro atoms. The summed E-state index contributed by atoms with van der Waals surface area (Å²) in [6.07, 6.45) is 0. The first-order valence-electron chi connectivity index (χ1n) is 8.49. The van der Waals surface area contributed by atoms with E-state index in [2.05, 4.69) is 20.2 Å². The van der Waals surface area contributed by atoms with Gasteiger partial charge in [-0.1, -0.05) is 23.9 Å². The van der Waals surface area contributed by atoms with Crippen LogP contribution in [0.2, 0.25) is 0 Å². The van der Waals surface area contributed by atoms with Crippen LogP contribution in [0, 0.1) is 19.7 Å². The molecule has 0 aliphatic heterocycles. The second kappa shape index (κ2) is 7.97. The molecule has 0 saturated heterocycles. The molecule has 1 atom stereocenters. The molecule has 7 nitrogen and oxygen atoms in total. The highest BCUT2D eigenvalue weighted by molar-refractivity contribution is 8.00. The zero-order valence-electron chi connectivity index (χ0n) is 15.8. The number of H-pyrrole nitrogens is 2. The molecule has 1 aromatic carbocycles. The predicted octanol–water partition coefficient (Wildman–Crippen LogP) is 3.71. The Morgan fingerprint density at radius 2 is 1.96 bits per heavy atom. The van der Waals surface area contributed by atoms with E-state index in [1.54, 1.807) is 39.0 Å². The number of ketones is 1. The lowest BCUT2D eigenvalue weighted by atomic mass is 10.1. The summed E-state index contributed by atoms with van der Waals surface area (Å²) >= 11 is 1.14. The average molecular weight is 402 g/mol. The van der Waals surface area contributed by atoms with Gasteiger partial charge in [0.1, 0.15) is 5.82 Å². The average Bonchev–Trinajstić information content (AvgIpc) is 3.25. The van der Waals surface area contributed by atoms with Crippen LogP contribution < -0.4 is 0 Å². The molecule has 2 aromatic heterocycles. The zero-order chi connectivity index (χ0) is 20.4. The van der Waals surface area contributed by atoms with Crippen molar-refractivity contribution >= 4 is 23.5 Å². The number of hydrogen-bond donors (Lipinski definition) is 2. The zero-order valence-corrected chi connectivity index (χ0v) is 16.6. The van der Waals surface area contributed by atoms with Gasteiger partial charge in [0.25, 0.3) is 0 Å². The first-order valence-corrected chi connectivity index (χ1v) is 9.37. The number of halogens is 1. The van der Waals surface area contributed by atoms with E-state index in [9.17, 15) is 14.0 Å². The Morgan fingerprint density at radius 3 is 2.64 bits per heavy atom. The van der Waals surface area contributed by atoms with Crippen molar-refractivity contribution in [3.63, 3.8) is 0 Å². The maximum atomic E-state index is 13.9. The van der Waals surface area contributed by atoms with Gasteiger partial charge in [0.05, 0.1) is 29.2 Å². The highest BCUT2D eigenvalue weighted by Crippen LogP contribution is 2.28. The summed E-state index contributed by atoms with van der Waals surface area (Å²) in [5.74, 6) is -0.806. The fourth-order valence-corrected chi connectivity index (χ4v) is 3.68. The number of carbonyl (C=O) groups is 2. The first kappa shape index (κ1) is 19.8. The summed E-state index contributed by atoms with van der Waals surface area (Å²) in [4.78, 5) is 32.0. The Hall–Kier alpha value is -2.94. The summed E-state index contributed by atoms with van der Waals surface area (Å²) in [7, 11) is 1.30. The molecule has 0 aliphatic rings. The topological polar surface area (TPSA) is 101 Å². The van der Waals surface area contributed by atoms with Gasteiger partial charge in [0, 0.05) is 5.69 Å². The number of methoxy groups -OCH3 is 1. The van der Waals surface area contributed by atoms with E-state index in [0.717, 1.165) is 11.8 Å². The quantitative estimate of drug-likeness (QED) is 0.370. The smallest absolute Gasteiger partial charge is 0.339 e. The van der Waals surface area contributed by atoms with Crippen LogP contribution >= 0.6 is 11.8 Å². The molecular formula is C19H19FN4O3S. The van der Waals surface area contributed by atoms with Gasteiger partial charge in [-0.05, 0) is 38.5 Å². The van der Waals surface area contributed by atoms with Gasteiger partial charge in [-0.2, -0.15) is 0 Å². The number of hydrogen-bond acceptors (Lipinski definition) is 6. The number of aryl methyl sites for hydroxylation is 1. The lowest BCUT2D eigenvalue weighted by molar-refractivity contribution is 0.0599. The number of thioether (sulfide) groups is 1. The van der Waals surface area contributed by atoms with E-state index in [4.69, 9.17) is 4.74 Å². The number of ether oxygens (including phenoxy) is 1. The van der Waals surface area contributed by atoms with E-state index in [0.29, 0.717) is 39.1 Å². The van der Waals surface area contributed by atoms with Crippen LogP contribution in [-0.2, 0) is 4.74 Å². The number of nitrogens with zero attached hydrogens (tertiary/aromatic N) is 2. The fourth-order valence-electron chi connectivity index (χ4n) is 2.89. The van der Waals surface area contributed by atoms with Gasteiger partial charge in [-0.15, -0.1) is 5.10 Å². The van der Waals surface area contributed by atoms with Crippen molar-refractivity contribution in [3.8, 4) is 11.4 Å². The summed E-state index contributed by atoms with van der Waals surface area (Å²) in [5, 5.41) is 6.56. The van der Waals surface area contributed by atoms with Crippen LogP contribution in [0.3, 0.4) is 0 Å². The maximum Gasteiger partial charge on any atom is 0.339 e. The molecule has 0 radical (unpaired) electrons. The maximum absolute atomic E-state index is 13.9. The largest absolute Gasteiger partial charge is 0.465 e. The van der Waals surface area contributed by atoms with Crippen molar-refractivity contribution in [3.05, 3.63) is 52.6 Å². The number of nitrogens with one attached hydrogen (secondary N) is 2. The number of esters is 1. The number of carbonyl (C=O) groups excluding carboxylic acids is 2. The monoisotopic (exact) mass is 402 g/mol. The molecule has 0 bridgehead atoms. The molecule has 3 rings (SSSR count). The molecule has 0 unspecified atom stereocenters. The molecule has 0 amide bonds. The van der Waals surface area contributed by atoms with Crippen molar-refractivity contribution in [2.24, 2.45) is 0 Å². The van der Waals surface area contributed by atoms with Crippen molar-refractivity contribution in [2.75, 3.05) is 7.11 Å². The number of rotatable bonds is 6. The van der Waals surface area contributed by atoms with E-state index in [1.165, 1.54) is 13.2 Å². The molecule has 2 heterocycles. The molecule has 3 aromatic rings. The SMILES string of the molecule is COC(=O)c1c(C)[nH]c(C(=O)[C@@H](C)Sc2n[nH]c(-c3ccccc3F)n2)c1C. The molecule has 9 heteroatoms. The van der Waals surface area contributed by atoms with Crippen molar-refractivity contribution in [2.45, 2.75) is 31.2 Å². The van der Waals surface area contributed by atoms with Crippen LogP contribution in [0.15, 0.2) is 29.4 Å². The first-order chi connectivity index (χ1) is 13.3. The molecule has 0 fully saturated rings. The van der Waals surface area contributed by atoms with E-state index in [1.807, 2.05) is 0 Å². The van der Waals surface area contributed by atoms with Gasteiger partial charge >= 0.3 is 5.97 Å². The normalized spacial score (nSPS) is 12.0. The van der Waals surface area contributed by atoms with Crippen molar-refractivity contribution in [1.29, 1.82) is 0 Å². The Bertz CT molecular complexity index is 1040. The van der Waals surface area contributed by atoms with Gasteiger partial charge in [-0.25, -0.2) is 14.2 Å².